The lowest BCUT2D eigenvalue weighted by molar-refractivity contribution is -0.121. The first-order chi connectivity index (χ1) is 10.0. The summed E-state index contributed by atoms with van der Waals surface area (Å²) in [6.07, 6.45) is 0.432. The highest BCUT2D eigenvalue weighted by atomic mass is 35.5. The van der Waals surface area contributed by atoms with Crippen LogP contribution in [0, 0.1) is 18.8 Å². The summed E-state index contributed by atoms with van der Waals surface area (Å²) in [5.41, 5.74) is 2.45. The molecule has 1 atom stereocenters. The highest BCUT2D eigenvalue weighted by molar-refractivity contribution is 5.95. The Labute approximate surface area is 137 Å². The maximum absolute atomic E-state index is 12.3. The Bertz CT molecular complexity index is 544. The number of aryl methyl sites for hydroxylation is 1. The van der Waals surface area contributed by atoms with Gasteiger partial charge in [0.25, 0.3) is 0 Å². The topological polar surface area (TPSA) is 70.2 Å². The molecule has 1 fully saturated rings. The molecule has 122 valence electrons. The maximum Gasteiger partial charge on any atom is 0.227 e. The molecule has 2 rings (SSSR count). The van der Waals surface area contributed by atoms with Gasteiger partial charge >= 0.3 is 0 Å². The molecule has 0 bridgehead atoms. The average Bonchev–Trinajstić information content (AvgIpc) is 2.40. The maximum atomic E-state index is 12.3. The number of carbonyl (C=O) groups excluding carboxylic acids is 2. The summed E-state index contributed by atoms with van der Waals surface area (Å²) < 4.78 is 0. The zero-order valence-electron chi connectivity index (χ0n) is 13.2. The summed E-state index contributed by atoms with van der Waals surface area (Å²) in [7, 11) is 0. The Morgan fingerprint density at radius 2 is 2.00 bits per heavy atom. The lowest BCUT2D eigenvalue weighted by Crippen LogP contribution is -2.48. The van der Waals surface area contributed by atoms with Crippen LogP contribution in [-0.2, 0) is 9.59 Å². The molecule has 1 unspecified atom stereocenters. The van der Waals surface area contributed by atoms with E-state index in [0.29, 0.717) is 18.0 Å². The number of carbonyl (C=O) groups is 2. The van der Waals surface area contributed by atoms with Crippen LogP contribution in [0.25, 0.3) is 0 Å². The number of hydrogen-bond acceptors (Lipinski definition) is 3. The molecule has 0 radical (unpaired) electrons. The van der Waals surface area contributed by atoms with Crippen molar-refractivity contribution in [3.63, 3.8) is 0 Å². The van der Waals surface area contributed by atoms with E-state index in [0.717, 1.165) is 24.3 Å². The van der Waals surface area contributed by atoms with Crippen LogP contribution in [-0.4, -0.2) is 24.9 Å². The van der Waals surface area contributed by atoms with E-state index in [1.807, 2.05) is 32.0 Å². The third-order valence-electron chi connectivity index (χ3n) is 4.03. The van der Waals surface area contributed by atoms with Gasteiger partial charge in [-0.1, -0.05) is 19.9 Å². The first-order valence-corrected chi connectivity index (χ1v) is 7.43. The predicted octanol–water partition coefficient (Wildman–Crippen LogP) is 2.56. The standard InChI is InChI=1S/C16H23N3O2.ClH/c1-4-15(20)18-13-6-5-10(2)14(7-13)19-16(21)11(3)12-8-17-9-12;/h5-7,11-12,17H,4,8-9H2,1-3H3,(H,18,20)(H,19,21);1H. The van der Waals surface area contributed by atoms with Gasteiger partial charge in [0.1, 0.15) is 0 Å². The quantitative estimate of drug-likeness (QED) is 0.779. The number of amides is 2. The van der Waals surface area contributed by atoms with E-state index < -0.39 is 0 Å². The zero-order valence-corrected chi connectivity index (χ0v) is 14.0. The SMILES string of the molecule is CCC(=O)Nc1ccc(C)c(NC(=O)C(C)C2CNC2)c1.Cl. The van der Waals surface area contributed by atoms with E-state index in [4.69, 9.17) is 0 Å². The summed E-state index contributed by atoms with van der Waals surface area (Å²) in [4.78, 5) is 23.7. The van der Waals surface area contributed by atoms with Crippen molar-refractivity contribution in [2.45, 2.75) is 27.2 Å². The smallest absolute Gasteiger partial charge is 0.227 e. The number of halogens is 1. The number of rotatable bonds is 5. The predicted molar refractivity (Wildman–Crippen MR) is 91.5 cm³/mol. The van der Waals surface area contributed by atoms with Crippen LogP contribution in [0.1, 0.15) is 25.8 Å². The highest BCUT2D eigenvalue weighted by Crippen LogP contribution is 2.23. The average molecular weight is 326 g/mol. The second kappa shape index (κ2) is 8.15. The van der Waals surface area contributed by atoms with Crippen molar-refractivity contribution in [2.24, 2.45) is 11.8 Å². The molecule has 0 aliphatic carbocycles. The number of hydrogen-bond donors (Lipinski definition) is 3. The third kappa shape index (κ3) is 4.45. The molecular weight excluding hydrogens is 302 g/mol. The normalized spacial score (nSPS) is 15.2. The molecule has 22 heavy (non-hydrogen) atoms. The van der Waals surface area contributed by atoms with Gasteiger partial charge in [0, 0.05) is 23.7 Å². The van der Waals surface area contributed by atoms with Crippen LogP contribution in [0.15, 0.2) is 18.2 Å². The van der Waals surface area contributed by atoms with Gasteiger partial charge in [-0.25, -0.2) is 0 Å². The summed E-state index contributed by atoms with van der Waals surface area (Å²) in [6, 6.07) is 5.56. The zero-order chi connectivity index (χ0) is 15.4. The second-order valence-electron chi connectivity index (χ2n) is 5.63. The molecule has 1 aliphatic heterocycles. The van der Waals surface area contributed by atoms with Crippen molar-refractivity contribution in [3.05, 3.63) is 23.8 Å². The van der Waals surface area contributed by atoms with E-state index in [9.17, 15) is 9.59 Å². The van der Waals surface area contributed by atoms with Gasteiger partial charge in [0.15, 0.2) is 0 Å². The molecule has 5 nitrogen and oxygen atoms in total. The van der Waals surface area contributed by atoms with Crippen molar-refractivity contribution in [1.82, 2.24) is 5.32 Å². The van der Waals surface area contributed by atoms with Gasteiger partial charge in [-0.15, -0.1) is 12.4 Å². The largest absolute Gasteiger partial charge is 0.326 e. The number of nitrogens with one attached hydrogen (secondary N) is 3. The van der Waals surface area contributed by atoms with Gasteiger partial charge in [-0.3, -0.25) is 9.59 Å². The Morgan fingerprint density at radius 3 is 2.55 bits per heavy atom. The van der Waals surface area contributed by atoms with Crippen LogP contribution >= 0.6 is 12.4 Å². The van der Waals surface area contributed by atoms with Crippen LogP contribution < -0.4 is 16.0 Å². The molecule has 1 saturated heterocycles. The van der Waals surface area contributed by atoms with Crippen LogP contribution in [0.5, 0.6) is 0 Å². The fourth-order valence-electron chi connectivity index (χ4n) is 2.21. The Hall–Kier alpha value is -1.59. The van der Waals surface area contributed by atoms with E-state index in [1.165, 1.54) is 0 Å². The summed E-state index contributed by atoms with van der Waals surface area (Å²) in [5.74, 6) is 0.390. The highest BCUT2D eigenvalue weighted by Gasteiger charge is 2.28. The van der Waals surface area contributed by atoms with Crippen molar-refractivity contribution in [3.8, 4) is 0 Å². The molecule has 1 heterocycles. The summed E-state index contributed by atoms with van der Waals surface area (Å²) in [5, 5.41) is 8.96. The Kier molecular flexibility index (Phi) is 6.84. The minimum absolute atomic E-state index is 0. The lowest BCUT2D eigenvalue weighted by Gasteiger charge is -2.31. The van der Waals surface area contributed by atoms with Gasteiger partial charge in [0.05, 0.1) is 0 Å². The first kappa shape index (κ1) is 18.5. The van der Waals surface area contributed by atoms with Gasteiger partial charge in [0.2, 0.25) is 11.8 Å². The molecular formula is C16H24ClN3O2. The van der Waals surface area contributed by atoms with E-state index in [2.05, 4.69) is 16.0 Å². The van der Waals surface area contributed by atoms with E-state index >= 15 is 0 Å². The van der Waals surface area contributed by atoms with Gasteiger partial charge in [-0.05, 0) is 43.6 Å². The van der Waals surface area contributed by atoms with Crippen LogP contribution in [0.4, 0.5) is 11.4 Å². The second-order valence-corrected chi connectivity index (χ2v) is 5.63. The molecule has 1 aromatic rings. The molecule has 0 saturated carbocycles. The third-order valence-corrected chi connectivity index (χ3v) is 4.03. The number of anilines is 2. The molecule has 0 spiro atoms. The Morgan fingerprint density at radius 1 is 1.32 bits per heavy atom. The molecule has 6 heteroatoms. The minimum Gasteiger partial charge on any atom is -0.326 e. The van der Waals surface area contributed by atoms with E-state index in [-0.39, 0.29) is 30.1 Å². The van der Waals surface area contributed by atoms with Crippen molar-refractivity contribution in [2.75, 3.05) is 23.7 Å². The Balaban J connectivity index is 0.00000242. The van der Waals surface area contributed by atoms with Crippen LogP contribution in [0.2, 0.25) is 0 Å². The summed E-state index contributed by atoms with van der Waals surface area (Å²) >= 11 is 0. The van der Waals surface area contributed by atoms with Crippen molar-refractivity contribution < 1.29 is 9.59 Å². The lowest BCUT2D eigenvalue weighted by atomic mass is 9.88. The van der Waals surface area contributed by atoms with E-state index in [1.54, 1.807) is 6.92 Å². The monoisotopic (exact) mass is 325 g/mol. The minimum atomic E-state index is -0.0370. The van der Waals surface area contributed by atoms with Gasteiger partial charge in [-0.2, -0.15) is 0 Å². The van der Waals surface area contributed by atoms with Crippen molar-refractivity contribution in [1.29, 1.82) is 0 Å². The van der Waals surface area contributed by atoms with Gasteiger partial charge < -0.3 is 16.0 Å². The van der Waals surface area contributed by atoms with Crippen molar-refractivity contribution >= 4 is 35.6 Å². The molecule has 0 aromatic heterocycles. The molecule has 2 amide bonds. The number of benzene rings is 1. The fraction of sp³-hybridized carbons (Fsp3) is 0.500. The first-order valence-electron chi connectivity index (χ1n) is 7.43. The molecule has 1 aromatic carbocycles. The molecule has 3 N–H and O–H groups in total. The van der Waals surface area contributed by atoms with Crippen LogP contribution in [0.3, 0.4) is 0 Å². The fourth-order valence-corrected chi connectivity index (χ4v) is 2.21. The molecule has 1 aliphatic rings. The summed E-state index contributed by atoms with van der Waals surface area (Å²) in [6.45, 7) is 7.51.